The van der Waals surface area contributed by atoms with E-state index < -0.39 is 5.82 Å². The fourth-order valence-corrected chi connectivity index (χ4v) is 3.43. The molecule has 0 unspecified atom stereocenters. The topological polar surface area (TPSA) is 38.1 Å². The monoisotopic (exact) mass is 393 g/mol. The van der Waals surface area contributed by atoms with Crippen molar-refractivity contribution in [2.75, 3.05) is 6.54 Å². The number of amides is 1. The predicted octanol–water partition coefficient (Wildman–Crippen LogP) is 4.99. The third kappa shape index (κ3) is 5.11. The van der Waals surface area contributed by atoms with Gasteiger partial charge in [0.1, 0.15) is 11.6 Å². The van der Waals surface area contributed by atoms with Crippen molar-refractivity contribution in [2.24, 2.45) is 5.92 Å². The van der Waals surface area contributed by atoms with E-state index >= 15 is 0 Å². The van der Waals surface area contributed by atoms with Crippen molar-refractivity contribution in [2.45, 2.75) is 40.8 Å². The van der Waals surface area contributed by atoms with Crippen LogP contribution in [0.2, 0.25) is 0 Å². The molecule has 0 fully saturated rings. The zero-order chi connectivity index (χ0) is 21.0. The third-order valence-electron chi connectivity index (χ3n) is 4.96. The van der Waals surface area contributed by atoms with Crippen molar-refractivity contribution in [1.29, 1.82) is 0 Å². The van der Waals surface area contributed by atoms with Gasteiger partial charge in [0.15, 0.2) is 0 Å². The van der Waals surface area contributed by atoms with Gasteiger partial charge in [-0.15, -0.1) is 0 Å². The Morgan fingerprint density at radius 3 is 2.66 bits per heavy atom. The lowest BCUT2D eigenvalue weighted by Crippen LogP contribution is -2.35. The molecular formula is C24H28FN3O. The Hall–Kier alpha value is -2.95. The van der Waals surface area contributed by atoms with Crippen molar-refractivity contribution < 1.29 is 9.18 Å². The van der Waals surface area contributed by atoms with E-state index in [0.29, 0.717) is 19.6 Å². The van der Waals surface area contributed by atoms with Crippen LogP contribution in [-0.4, -0.2) is 26.9 Å². The van der Waals surface area contributed by atoms with Crippen LogP contribution in [0.25, 0.3) is 0 Å². The maximum Gasteiger partial charge on any atom is 0.257 e. The smallest absolute Gasteiger partial charge is 0.257 e. The third-order valence-corrected chi connectivity index (χ3v) is 4.96. The zero-order valence-corrected chi connectivity index (χ0v) is 17.5. The summed E-state index contributed by atoms with van der Waals surface area (Å²) in [4.78, 5) is 19.2. The number of hydrogen-bond acceptors (Lipinski definition) is 2. The molecular weight excluding hydrogens is 365 g/mol. The van der Waals surface area contributed by atoms with Gasteiger partial charge in [0.2, 0.25) is 0 Å². The fourth-order valence-electron chi connectivity index (χ4n) is 3.43. The van der Waals surface area contributed by atoms with Crippen LogP contribution in [0.3, 0.4) is 0 Å². The molecule has 29 heavy (non-hydrogen) atoms. The average Bonchev–Trinajstić information content (AvgIpc) is 3.10. The second kappa shape index (κ2) is 9.03. The highest BCUT2D eigenvalue weighted by Gasteiger charge is 2.22. The quantitative estimate of drug-likeness (QED) is 0.567. The molecule has 0 saturated heterocycles. The van der Waals surface area contributed by atoms with Crippen molar-refractivity contribution in [1.82, 2.24) is 14.5 Å². The second-order valence-electron chi connectivity index (χ2n) is 7.96. The Labute approximate surface area is 172 Å². The van der Waals surface area contributed by atoms with Crippen LogP contribution in [-0.2, 0) is 13.1 Å². The molecule has 0 aliphatic rings. The molecule has 2 aromatic carbocycles. The zero-order valence-electron chi connectivity index (χ0n) is 17.5. The molecule has 4 nitrogen and oxygen atoms in total. The van der Waals surface area contributed by atoms with Crippen LogP contribution in [0, 0.1) is 25.6 Å². The largest absolute Gasteiger partial charge is 0.331 e. The molecule has 1 amide bonds. The number of aryl methyl sites for hydroxylation is 2. The first-order valence-electron chi connectivity index (χ1n) is 9.95. The van der Waals surface area contributed by atoms with Crippen molar-refractivity contribution in [3.63, 3.8) is 0 Å². The summed E-state index contributed by atoms with van der Waals surface area (Å²) in [5, 5.41) is 0. The molecule has 152 valence electrons. The molecule has 0 saturated carbocycles. The summed E-state index contributed by atoms with van der Waals surface area (Å²) in [5.74, 6) is 0.243. The van der Waals surface area contributed by atoms with Crippen LogP contribution in [0.4, 0.5) is 4.39 Å². The number of benzene rings is 2. The summed E-state index contributed by atoms with van der Waals surface area (Å²) in [6.07, 6.45) is 3.68. The van der Waals surface area contributed by atoms with Gasteiger partial charge in [-0.2, -0.15) is 0 Å². The van der Waals surface area contributed by atoms with Gasteiger partial charge in [-0.1, -0.05) is 49.7 Å². The lowest BCUT2D eigenvalue weighted by atomic mass is 10.1. The Balaban J connectivity index is 1.86. The first-order valence-corrected chi connectivity index (χ1v) is 9.95. The molecule has 5 heteroatoms. The molecule has 0 spiro atoms. The number of nitrogens with zero attached hydrogens (tertiary/aromatic N) is 3. The summed E-state index contributed by atoms with van der Waals surface area (Å²) in [5.41, 5.74) is 3.75. The van der Waals surface area contributed by atoms with Crippen LogP contribution in [0.15, 0.2) is 54.9 Å². The molecule has 0 aliphatic heterocycles. The summed E-state index contributed by atoms with van der Waals surface area (Å²) >= 11 is 0. The summed E-state index contributed by atoms with van der Waals surface area (Å²) in [7, 11) is 0. The predicted molar refractivity (Wildman–Crippen MR) is 113 cm³/mol. The van der Waals surface area contributed by atoms with Crippen LogP contribution >= 0.6 is 0 Å². The first-order chi connectivity index (χ1) is 13.8. The number of imidazole rings is 1. The van der Waals surface area contributed by atoms with Crippen molar-refractivity contribution in [3.8, 4) is 0 Å². The van der Waals surface area contributed by atoms with E-state index in [0.717, 1.165) is 5.82 Å². The highest BCUT2D eigenvalue weighted by atomic mass is 19.1. The molecule has 0 bridgehead atoms. The number of carbonyl (C=O) groups is 1. The number of carbonyl (C=O) groups excluding carboxylic acids is 1. The Kier molecular flexibility index (Phi) is 6.47. The fraction of sp³-hybridized carbons (Fsp3) is 0.333. The molecule has 0 atom stereocenters. The van der Waals surface area contributed by atoms with Gasteiger partial charge in [-0.25, -0.2) is 9.37 Å². The second-order valence-corrected chi connectivity index (χ2v) is 7.96. The van der Waals surface area contributed by atoms with Crippen LogP contribution in [0.5, 0.6) is 0 Å². The molecule has 1 aromatic heterocycles. The van der Waals surface area contributed by atoms with Gasteiger partial charge in [-0.05, 0) is 43.0 Å². The Bertz CT molecular complexity index is 993. The van der Waals surface area contributed by atoms with Crippen LogP contribution in [0.1, 0.15) is 46.7 Å². The van der Waals surface area contributed by atoms with Gasteiger partial charge < -0.3 is 9.47 Å². The normalized spacial score (nSPS) is 11.1. The standard InChI is InChI=1S/C24H28FN3O/c1-17(2)14-28(24(29)21-7-5-6-8-22(21)25)16-23-26-11-12-27(23)15-20-13-18(3)9-10-19(20)4/h5-13,17H,14-16H2,1-4H3. The van der Waals surface area contributed by atoms with Gasteiger partial charge in [0.25, 0.3) is 5.91 Å². The summed E-state index contributed by atoms with van der Waals surface area (Å²) < 4.78 is 16.3. The van der Waals surface area contributed by atoms with Gasteiger partial charge >= 0.3 is 0 Å². The minimum absolute atomic E-state index is 0.0979. The molecule has 3 rings (SSSR count). The molecule has 0 aliphatic carbocycles. The minimum atomic E-state index is -0.495. The first kappa shape index (κ1) is 20.8. The van der Waals surface area contributed by atoms with E-state index in [9.17, 15) is 9.18 Å². The van der Waals surface area contributed by atoms with Gasteiger partial charge in [0, 0.05) is 25.5 Å². The molecule has 3 aromatic rings. The average molecular weight is 394 g/mol. The number of hydrogen-bond donors (Lipinski definition) is 0. The maximum atomic E-state index is 14.2. The van der Waals surface area contributed by atoms with E-state index in [4.69, 9.17) is 0 Å². The van der Waals surface area contributed by atoms with E-state index in [-0.39, 0.29) is 17.4 Å². The van der Waals surface area contributed by atoms with E-state index in [2.05, 4.69) is 41.6 Å². The van der Waals surface area contributed by atoms with Crippen molar-refractivity contribution in [3.05, 3.63) is 88.8 Å². The Morgan fingerprint density at radius 1 is 1.17 bits per heavy atom. The van der Waals surface area contributed by atoms with Gasteiger partial charge in [0.05, 0.1) is 12.1 Å². The highest BCUT2D eigenvalue weighted by Crippen LogP contribution is 2.17. The number of rotatable bonds is 7. The molecule has 1 heterocycles. The van der Waals surface area contributed by atoms with E-state index in [1.165, 1.54) is 28.8 Å². The molecule has 0 radical (unpaired) electrons. The summed E-state index contributed by atoms with van der Waals surface area (Å²) in [6.45, 7) is 9.82. The maximum absolute atomic E-state index is 14.2. The van der Waals surface area contributed by atoms with E-state index in [1.807, 2.05) is 20.0 Å². The number of halogens is 1. The highest BCUT2D eigenvalue weighted by molar-refractivity contribution is 5.94. The van der Waals surface area contributed by atoms with Gasteiger partial charge in [-0.3, -0.25) is 4.79 Å². The Morgan fingerprint density at radius 2 is 1.93 bits per heavy atom. The SMILES string of the molecule is Cc1ccc(C)c(Cn2ccnc2CN(CC(C)C)C(=O)c2ccccc2F)c1. The lowest BCUT2D eigenvalue weighted by Gasteiger charge is -2.25. The number of aromatic nitrogens is 2. The summed E-state index contributed by atoms with van der Waals surface area (Å²) in [6, 6.07) is 12.5. The van der Waals surface area contributed by atoms with Crippen LogP contribution < -0.4 is 0 Å². The molecule has 0 N–H and O–H groups in total. The lowest BCUT2D eigenvalue weighted by molar-refractivity contribution is 0.0711. The van der Waals surface area contributed by atoms with E-state index in [1.54, 1.807) is 23.2 Å². The minimum Gasteiger partial charge on any atom is -0.331 e. The van der Waals surface area contributed by atoms with Crippen molar-refractivity contribution >= 4 is 5.91 Å².